The van der Waals surface area contributed by atoms with E-state index in [9.17, 15) is 0 Å². The highest BCUT2D eigenvalue weighted by Crippen LogP contribution is 2.25. The van der Waals surface area contributed by atoms with Crippen LogP contribution in [0.4, 0.5) is 0 Å². The first-order chi connectivity index (χ1) is 6.25. The van der Waals surface area contributed by atoms with Crippen LogP contribution in [0.2, 0.25) is 0 Å². The third kappa shape index (κ3) is 3.28. The van der Waals surface area contributed by atoms with Crippen LogP contribution in [0.25, 0.3) is 0 Å². The summed E-state index contributed by atoms with van der Waals surface area (Å²) in [5, 5.41) is 3.39. The summed E-state index contributed by atoms with van der Waals surface area (Å²) in [5.41, 5.74) is 0. The Bertz CT molecular complexity index is 130. The van der Waals surface area contributed by atoms with Gasteiger partial charge in [0.2, 0.25) is 0 Å². The number of rotatable bonds is 6. The lowest BCUT2D eigenvalue weighted by atomic mass is 9.90. The van der Waals surface area contributed by atoms with E-state index in [0.29, 0.717) is 6.04 Å². The molecule has 0 radical (unpaired) electrons. The van der Waals surface area contributed by atoms with Gasteiger partial charge in [0.1, 0.15) is 0 Å². The molecule has 0 aromatic carbocycles. The lowest BCUT2D eigenvalue weighted by Gasteiger charge is -2.40. The normalized spacial score (nSPS) is 18.2. The molecule has 1 fully saturated rings. The van der Waals surface area contributed by atoms with Crippen LogP contribution in [0, 0.1) is 0 Å². The number of hydrogen-bond acceptors (Lipinski definition) is 2. The lowest BCUT2D eigenvalue weighted by molar-refractivity contribution is 0.0957. The molecule has 13 heavy (non-hydrogen) atoms. The molecule has 0 heterocycles. The maximum Gasteiger partial charge on any atom is 0.0112 e. The van der Waals surface area contributed by atoms with E-state index in [1.54, 1.807) is 0 Å². The maximum atomic E-state index is 3.39. The molecular weight excluding hydrogens is 160 g/mol. The highest BCUT2D eigenvalue weighted by atomic mass is 15.2. The van der Waals surface area contributed by atoms with Gasteiger partial charge in [-0.05, 0) is 33.2 Å². The molecule has 0 aromatic heterocycles. The summed E-state index contributed by atoms with van der Waals surface area (Å²) in [5.74, 6) is 0. The van der Waals surface area contributed by atoms with Crippen LogP contribution in [0.5, 0.6) is 0 Å². The third-order valence-corrected chi connectivity index (χ3v) is 3.00. The zero-order valence-corrected chi connectivity index (χ0v) is 9.34. The van der Waals surface area contributed by atoms with Crippen molar-refractivity contribution in [1.29, 1.82) is 0 Å². The van der Waals surface area contributed by atoms with E-state index >= 15 is 0 Å². The Hall–Kier alpha value is -0.0800. The molecular formula is C11H24N2. The number of nitrogens with zero attached hydrogens (tertiary/aromatic N) is 1. The van der Waals surface area contributed by atoms with Crippen molar-refractivity contribution in [3.63, 3.8) is 0 Å². The Kier molecular flexibility index (Phi) is 4.74. The zero-order chi connectivity index (χ0) is 9.68. The predicted molar refractivity (Wildman–Crippen MR) is 58.0 cm³/mol. The topological polar surface area (TPSA) is 15.3 Å². The SMILES string of the molecule is CCNCCN(C(C)C)C1CCC1. The fourth-order valence-electron chi connectivity index (χ4n) is 1.97. The number of likely N-dealkylation sites (N-methyl/N-ethyl adjacent to an activating group) is 1. The first kappa shape index (κ1) is 11.0. The molecule has 1 aliphatic rings. The van der Waals surface area contributed by atoms with Gasteiger partial charge in [0.05, 0.1) is 0 Å². The molecule has 2 nitrogen and oxygen atoms in total. The summed E-state index contributed by atoms with van der Waals surface area (Å²) in [6, 6.07) is 1.60. The second kappa shape index (κ2) is 5.61. The van der Waals surface area contributed by atoms with Crippen LogP contribution in [0.3, 0.4) is 0 Å². The summed E-state index contributed by atoms with van der Waals surface area (Å²) < 4.78 is 0. The Morgan fingerprint density at radius 1 is 1.38 bits per heavy atom. The van der Waals surface area contributed by atoms with Crippen molar-refractivity contribution in [3.05, 3.63) is 0 Å². The summed E-state index contributed by atoms with van der Waals surface area (Å²) in [4.78, 5) is 2.64. The molecule has 1 aliphatic carbocycles. The summed E-state index contributed by atoms with van der Waals surface area (Å²) in [6.07, 6.45) is 4.28. The number of hydrogen-bond donors (Lipinski definition) is 1. The fraction of sp³-hybridized carbons (Fsp3) is 1.00. The molecule has 1 N–H and O–H groups in total. The highest BCUT2D eigenvalue weighted by molar-refractivity contribution is 4.82. The van der Waals surface area contributed by atoms with Crippen LogP contribution in [-0.4, -0.2) is 36.6 Å². The molecule has 0 spiro atoms. The van der Waals surface area contributed by atoms with Crippen molar-refractivity contribution in [2.24, 2.45) is 0 Å². The maximum absolute atomic E-state index is 3.39. The van der Waals surface area contributed by atoms with Crippen molar-refractivity contribution in [3.8, 4) is 0 Å². The van der Waals surface area contributed by atoms with Crippen molar-refractivity contribution in [2.75, 3.05) is 19.6 Å². The fourth-order valence-corrected chi connectivity index (χ4v) is 1.97. The monoisotopic (exact) mass is 184 g/mol. The first-order valence-electron chi connectivity index (χ1n) is 5.72. The Morgan fingerprint density at radius 2 is 2.08 bits per heavy atom. The average Bonchev–Trinajstić information content (AvgIpc) is 1.99. The quantitative estimate of drug-likeness (QED) is 0.634. The van der Waals surface area contributed by atoms with E-state index in [1.807, 2.05) is 0 Å². The third-order valence-electron chi connectivity index (χ3n) is 3.00. The summed E-state index contributed by atoms with van der Waals surface area (Å²) >= 11 is 0. The second-order valence-corrected chi connectivity index (χ2v) is 4.27. The standard InChI is InChI=1S/C11H24N2/c1-4-12-8-9-13(10(2)3)11-6-5-7-11/h10-12H,4-9H2,1-3H3. The minimum absolute atomic E-state index is 0.712. The van der Waals surface area contributed by atoms with E-state index in [1.165, 1.54) is 25.8 Å². The summed E-state index contributed by atoms with van der Waals surface area (Å²) in [6.45, 7) is 10.2. The van der Waals surface area contributed by atoms with Gasteiger partial charge in [-0.1, -0.05) is 13.3 Å². The van der Waals surface area contributed by atoms with Gasteiger partial charge in [0, 0.05) is 25.2 Å². The largest absolute Gasteiger partial charge is 0.316 e. The van der Waals surface area contributed by atoms with Gasteiger partial charge in [-0.15, -0.1) is 0 Å². The molecule has 2 heteroatoms. The van der Waals surface area contributed by atoms with Gasteiger partial charge in [-0.2, -0.15) is 0 Å². The Morgan fingerprint density at radius 3 is 2.46 bits per heavy atom. The molecule has 78 valence electrons. The van der Waals surface area contributed by atoms with Crippen molar-refractivity contribution >= 4 is 0 Å². The molecule has 0 saturated heterocycles. The molecule has 0 amide bonds. The first-order valence-corrected chi connectivity index (χ1v) is 5.72. The van der Waals surface area contributed by atoms with Gasteiger partial charge < -0.3 is 5.32 Å². The van der Waals surface area contributed by atoms with E-state index in [2.05, 4.69) is 31.0 Å². The summed E-state index contributed by atoms with van der Waals surface area (Å²) in [7, 11) is 0. The molecule has 1 rings (SSSR count). The zero-order valence-electron chi connectivity index (χ0n) is 9.34. The van der Waals surface area contributed by atoms with E-state index in [0.717, 1.165) is 19.1 Å². The predicted octanol–water partition coefficient (Wildman–Crippen LogP) is 1.86. The van der Waals surface area contributed by atoms with Gasteiger partial charge >= 0.3 is 0 Å². The van der Waals surface area contributed by atoms with Crippen LogP contribution in [0.1, 0.15) is 40.0 Å². The lowest BCUT2D eigenvalue weighted by Crippen LogP contribution is -2.47. The van der Waals surface area contributed by atoms with E-state index < -0.39 is 0 Å². The molecule has 0 aliphatic heterocycles. The Balaban J connectivity index is 2.21. The van der Waals surface area contributed by atoms with E-state index in [4.69, 9.17) is 0 Å². The van der Waals surface area contributed by atoms with Gasteiger partial charge in [-0.3, -0.25) is 4.90 Å². The van der Waals surface area contributed by atoms with Gasteiger partial charge in [0.25, 0.3) is 0 Å². The van der Waals surface area contributed by atoms with Gasteiger partial charge in [0.15, 0.2) is 0 Å². The van der Waals surface area contributed by atoms with Crippen molar-refractivity contribution < 1.29 is 0 Å². The van der Waals surface area contributed by atoms with Crippen molar-refractivity contribution in [2.45, 2.75) is 52.1 Å². The highest BCUT2D eigenvalue weighted by Gasteiger charge is 2.25. The van der Waals surface area contributed by atoms with Crippen molar-refractivity contribution in [1.82, 2.24) is 10.2 Å². The molecule has 0 aromatic rings. The molecule has 0 unspecified atom stereocenters. The average molecular weight is 184 g/mol. The molecule has 0 bridgehead atoms. The van der Waals surface area contributed by atoms with Crippen LogP contribution in [-0.2, 0) is 0 Å². The van der Waals surface area contributed by atoms with E-state index in [-0.39, 0.29) is 0 Å². The minimum Gasteiger partial charge on any atom is -0.316 e. The van der Waals surface area contributed by atoms with Crippen LogP contribution in [0.15, 0.2) is 0 Å². The Labute approximate surface area is 82.7 Å². The molecule has 0 atom stereocenters. The minimum atomic E-state index is 0.712. The second-order valence-electron chi connectivity index (χ2n) is 4.27. The van der Waals surface area contributed by atoms with Crippen LogP contribution < -0.4 is 5.32 Å². The van der Waals surface area contributed by atoms with Gasteiger partial charge in [-0.25, -0.2) is 0 Å². The van der Waals surface area contributed by atoms with Crippen LogP contribution >= 0.6 is 0 Å². The molecule has 1 saturated carbocycles. The number of nitrogens with one attached hydrogen (secondary N) is 1. The smallest absolute Gasteiger partial charge is 0.0112 e.